The van der Waals surface area contributed by atoms with Crippen LogP contribution in [0, 0.1) is 0 Å². The Morgan fingerprint density at radius 1 is 1.10 bits per heavy atom. The summed E-state index contributed by atoms with van der Waals surface area (Å²) in [5, 5.41) is 25.5. The minimum atomic E-state index is -5.40. The van der Waals surface area contributed by atoms with Gasteiger partial charge >= 0.3 is 24.1 Å². The molecule has 0 rings (SSSR count). The van der Waals surface area contributed by atoms with Gasteiger partial charge in [-0.15, -0.1) is 0 Å². The molecule has 11 heteroatoms. The van der Waals surface area contributed by atoms with Gasteiger partial charge < -0.3 is 24.8 Å². The van der Waals surface area contributed by atoms with Crippen LogP contribution in [0.1, 0.15) is 6.42 Å². The van der Waals surface area contributed by atoms with Gasteiger partial charge in [0.05, 0.1) is 6.61 Å². The average Bonchev–Trinajstić information content (AvgIpc) is 2.33. The molecule has 0 aliphatic rings. The van der Waals surface area contributed by atoms with Crippen LogP contribution >= 0.6 is 0 Å². The molecule has 3 N–H and O–H groups in total. The fraction of sp³-hybridized carbons (Fsp3) is 0.500. The number of carbonyl (C=O) groups is 3. The van der Waals surface area contributed by atoms with E-state index in [0.717, 1.165) is 0 Å². The first-order valence-corrected chi connectivity index (χ1v) is 5.18. The van der Waals surface area contributed by atoms with Crippen LogP contribution in [-0.2, 0) is 23.9 Å². The van der Waals surface area contributed by atoms with Crippen molar-refractivity contribution in [2.24, 2.45) is 0 Å². The van der Waals surface area contributed by atoms with E-state index in [2.05, 4.69) is 9.47 Å². The van der Waals surface area contributed by atoms with Crippen LogP contribution in [0.15, 0.2) is 12.2 Å². The molecule has 0 aromatic rings. The van der Waals surface area contributed by atoms with Crippen molar-refractivity contribution in [2.45, 2.75) is 18.2 Å². The summed E-state index contributed by atoms with van der Waals surface area (Å²) < 4.78 is 45.6. The number of aliphatic hydroxyl groups is 1. The number of rotatable bonds is 8. The highest BCUT2D eigenvalue weighted by Crippen LogP contribution is 2.33. The summed E-state index contributed by atoms with van der Waals surface area (Å²) in [5.74, 6) is -5.02. The van der Waals surface area contributed by atoms with Crippen LogP contribution < -0.4 is 0 Å². The molecule has 0 radical (unpaired) electrons. The Bertz CT molecular complexity index is 431. The van der Waals surface area contributed by atoms with Gasteiger partial charge in [-0.25, -0.2) is 14.4 Å². The number of alkyl halides is 3. The molecular weight excluding hydrogens is 305 g/mol. The van der Waals surface area contributed by atoms with Crippen molar-refractivity contribution in [1.29, 1.82) is 0 Å². The van der Waals surface area contributed by atoms with E-state index in [0.29, 0.717) is 12.2 Å². The average molecular weight is 316 g/mol. The molecule has 0 saturated heterocycles. The van der Waals surface area contributed by atoms with Gasteiger partial charge in [-0.1, -0.05) is 0 Å². The van der Waals surface area contributed by atoms with E-state index in [1.54, 1.807) is 0 Å². The minimum absolute atomic E-state index is 0.467. The molecule has 0 spiro atoms. The molecule has 1 unspecified atom stereocenters. The van der Waals surface area contributed by atoms with E-state index in [-0.39, 0.29) is 0 Å². The molecule has 0 amide bonds. The molecule has 8 nitrogen and oxygen atoms in total. The number of carbonyl (C=O) groups excluding carboxylic acids is 1. The summed E-state index contributed by atoms with van der Waals surface area (Å²) in [7, 11) is 0. The predicted molar refractivity (Wildman–Crippen MR) is 56.9 cm³/mol. The van der Waals surface area contributed by atoms with Crippen LogP contribution in [0.4, 0.5) is 13.2 Å². The van der Waals surface area contributed by atoms with Gasteiger partial charge in [0, 0.05) is 18.6 Å². The number of ether oxygens (including phenoxy) is 2. The number of carboxylic acid groups (broad SMARTS) is 2. The number of carboxylic acids is 2. The Morgan fingerprint density at radius 3 is 2.10 bits per heavy atom. The highest BCUT2D eigenvalue weighted by atomic mass is 19.4. The summed E-state index contributed by atoms with van der Waals surface area (Å²) in [6, 6.07) is 0. The highest BCUT2D eigenvalue weighted by Gasteiger charge is 2.59. The maximum absolute atomic E-state index is 12.3. The third-order valence-corrected chi connectivity index (χ3v) is 2.08. The van der Waals surface area contributed by atoms with Crippen molar-refractivity contribution in [3.05, 3.63) is 12.2 Å². The van der Waals surface area contributed by atoms with Crippen molar-refractivity contribution >= 4 is 17.9 Å². The smallest absolute Gasteiger partial charge is 0.428 e. The van der Waals surface area contributed by atoms with Gasteiger partial charge in [0.2, 0.25) is 0 Å². The minimum Gasteiger partial charge on any atom is -0.479 e. The molecule has 0 bridgehead atoms. The third-order valence-electron chi connectivity index (χ3n) is 2.08. The molecule has 1 atom stereocenters. The molecule has 0 aromatic carbocycles. The summed E-state index contributed by atoms with van der Waals surface area (Å²) in [6.45, 7) is -1.70. The van der Waals surface area contributed by atoms with Crippen LogP contribution in [0.3, 0.4) is 0 Å². The summed E-state index contributed by atoms with van der Waals surface area (Å²) >= 11 is 0. The molecule has 21 heavy (non-hydrogen) atoms. The lowest BCUT2D eigenvalue weighted by molar-refractivity contribution is -0.265. The maximum atomic E-state index is 12.3. The summed E-state index contributed by atoms with van der Waals surface area (Å²) in [5.41, 5.74) is -3.97. The topological polar surface area (TPSA) is 130 Å². The Kier molecular flexibility index (Phi) is 6.82. The first-order valence-electron chi connectivity index (χ1n) is 5.18. The molecule has 0 saturated carbocycles. The zero-order valence-electron chi connectivity index (χ0n) is 10.3. The van der Waals surface area contributed by atoms with E-state index in [1.807, 2.05) is 0 Å². The number of halogens is 3. The van der Waals surface area contributed by atoms with Crippen molar-refractivity contribution in [3.8, 4) is 0 Å². The standard InChI is InChI=1S/C10H11F3O8/c11-10(12,13)9(19,8(17)18)3-4-20-5-21-7(16)2-1-6(14)15/h1-2,19H,3-5H2,(H,14,15)(H,17,18)/b2-1-. The third kappa shape index (κ3) is 6.23. The first-order chi connectivity index (χ1) is 9.50. The van der Waals surface area contributed by atoms with Crippen molar-refractivity contribution in [3.63, 3.8) is 0 Å². The molecule has 0 aromatic heterocycles. The van der Waals surface area contributed by atoms with E-state index in [4.69, 9.17) is 15.3 Å². The molecule has 0 fully saturated rings. The lowest BCUT2D eigenvalue weighted by atomic mass is 10.00. The van der Waals surface area contributed by atoms with Gasteiger partial charge in [0.15, 0.2) is 6.79 Å². The molecule has 0 aliphatic carbocycles. The lowest BCUT2D eigenvalue weighted by Crippen LogP contribution is -2.52. The van der Waals surface area contributed by atoms with Crippen molar-refractivity contribution in [2.75, 3.05) is 13.4 Å². The second-order valence-corrected chi connectivity index (χ2v) is 3.57. The van der Waals surface area contributed by atoms with E-state index in [1.165, 1.54) is 0 Å². The Hall–Kier alpha value is -2.14. The van der Waals surface area contributed by atoms with Gasteiger partial charge in [-0.05, 0) is 0 Å². The van der Waals surface area contributed by atoms with E-state index in [9.17, 15) is 27.6 Å². The van der Waals surface area contributed by atoms with Crippen LogP contribution in [0.5, 0.6) is 0 Å². The molecule has 120 valence electrons. The predicted octanol–water partition coefficient (Wildman–Crippen LogP) is -0.0874. The first kappa shape index (κ1) is 18.9. The normalized spacial score (nSPS) is 14.7. The fourth-order valence-corrected chi connectivity index (χ4v) is 0.936. The Balaban J connectivity index is 4.18. The number of hydrogen-bond acceptors (Lipinski definition) is 6. The fourth-order valence-electron chi connectivity index (χ4n) is 0.936. The Labute approximate surface area is 115 Å². The number of esters is 1. The van der Waals surface area contributed by atoms with Crippen molar-refractivity contribution in [1.82, 2.24) is 0 Å². The zero-order valence-corrected chi connectivity index (χ0v) is 10.3. The van der Waals surface area contributed by atoms with E-state index < -0.39 is 49.5 Å². The van der Waals surface area contributed by atoms with E-state index >= 15 is 0 Å². The second-order valence-electron chi connectivity index (χ2n) is 3.57. The maximum Gasteiger partial charge on any atom is 0.428 e. The van der Waals surface area contributed by atoms with Crippen LogP contribution in [0.2, 0.25) is 0 Å². The largest absolute Gasteiger partial charge is 0.479 e. The molecule has 0 aliphatic heterocycles. The Morgan fingerprint density at radius 2 is 1.67 bits per heavy atom. The lowest BCUT2D eigenvalue weighted by Gasteiger charge is -2.25. The van der Waals surface area contributed by atoms with Gasteiger partial charge in [-0.3, -0.25) is 0 Å². The number of hydrogen-bond donors (Lipinski definition) is 3. The molecular formula is C10H11F3O8. The SMILES string of the molecule is O=C(O)/C=C\C(=O)OCOCCC(O)(C(=O)O)C(F)(F)F. The quantitative estimate of drug-likeness (QED) is 0.245. The monoisotopic (exact) mass is 316 g/mol. The second kappa shape index (κ2) is 7.59. The molecule has 0 heterocycles. The summed E-state index contributed by atoms with van der Waals surface area (Å²) in [4.78, 5) is 31.2. The number of aliphatic carboxylic acids is 2. The van der Waals surface area contributed by atoms with Gasteiger partial charge in [0.25, 0.3) is 5.60 Å². The highest BCUT2D eigenvalue weighted by molar-refractivity contribution is 5.90. The van der Waals surface area contributed by atoms with Gasteiger partial charge in [0.1, 0.15) is 0 Å². The van der Waals surface area contributed by atoms with Crippen LogP contribution in [-0.4, -0.2) is 58.4 Å². The zero-order chi connectivity index (χ0) is 16.7. The van der Waals surface area contributed by atoms with Crippen LogP contribution in [0.25, 0.3) is 0 Å². The van der Waals surface area contributed by atoms with Gasteiger partial charge in [-0.2, -0.15) is 13.2 Å². The summed E-state index contributed by atoms with van der Waals surface area (Å²) in [6.07, 6.45) is -5.71. The van der Waals surface area contributed by atoms with Crippen molar-refractivity contribution < 1.29 is 52.3 Å².